The molecule has 2 aliphatic heterocycles. The van der Waals surface area contributed by atoms with E-state index in [-0.39, 0.29) is 24.7 Å². The average molecular weight is 271 g/mol. The van der Waals surface area contributed by atoms with Crippen LogP contribution in [0, 0.1) is 0 Å². The summed E-state index contributed by atoms with van der Waals surface area (Å²) >= 11 is 0. The predicted octanol–water partition coefficient (Wildman–Crippen LogP) is 0.646. The number of nitrogens with zero attached hydrogens (tertiary/aromatic N) is 1. The molecule has 0 aromatic heterocycles. The number of hydrogen-bond donors (Lipinski definition) is 1. The molecule has 6 nitrogen and oxygen atoms in total. The summed E-state index contributed by atoms with van der Waals surface area (Å²) in [7, 11) is 0. The van der Waals surface area contributed by atoms with Crippen molar-refractivity contribution in [3.05, 3.63) is 0 Å². The third kappa shape index (κ3) is 3.67. The van der Waals surface area contributed by atoms with E-state index in [4.69, 9.17) is 14.6 Å². The summed E-state index contributed by atoms with van der Waals surface area (Å²) in [4.78, 5) is 24.6. The molecule has 0 spiro atoms. The highest BCUT2D eigenvalue weighted by Gasteiger charge is 2.33. The molecule has 2 rings (SSSR count). The molecule has 1 amide bonds. The Labute approximate surface area is 112 Å². The quantitative estimate of drug-likeness (QED) is 0.812. The fourth-order valence-electron chi connectivity index (χ4n) is 2.63. The molecule has 108 valence electrons. The highest BCUT2D eigenvalue weighted by atomic mass is 16.5. The summed E-state index contributed by atoms with van der Waals surface area (Å²) in [6.07, 6.45) is 3.46. The van der Waals surface area contributed by atoms with Gasteiger partial charge in [0.25, 0.3) is 0 Å². The Kier molecular flexibility index (Phi) is 4.76. The van der Waals surface area contributed by atoms with Gasteiger partial charge in [-0.05, 0) is 26.2 Å². The normalized spacial score (nSPS) is 31.4. The summed E-state index contributed by atoms with van der Waals surface area (Å²) in [6, 6.07) is -0.843. The topological polar surface area (TPSA) is 76.1 Å². The molecular formula is C13H21NO5. The second kappa shape index (κ2) is 6.34. The van der Waals surface area contributed by atoms with Gasteiger partial charge in [-0.2, -0.15) is 0 Å². The average Bonchev–Trinajstić information content (AvgIpc) is 2.81. The zero-order valence-corrected chi connectivity index (χ0v) is 11.2. The van der Waals surface area contributed by atoms with Crippen LogP contribution < -0.4 is 0 Å². The molecule has 0 radical (unpaired) electrons. The SMILES string of the molecule is C[C@@H]1CC[C@H](CCC(=O)N2CCOC[C@H]2C(=O)O)O1. The third-order valence-corrected chi connectivity index (χ3v) is 3.73. The van der Waals surface area contributed by atoms with E-state index in [2.05, 4.69) is 0 Å². The Morgan fingerprint density at radius 2 is 2.16 bits per heavy atom. The summed E-state index contributed by atoms with van der Waals surface area (Å²) in [5, 5.41) is 9.07. The van der Waals surface area contributed by atoms with E-state index < -0.39 is 12.0 Å². The molecule has 19 heavy (non-hydrogen) atoms. The molecule has 0 bridgehead atoms. The first-order chi connectivity index (χ1) is 9.08. The Hall–Kier alpha value is -1.14. The van der Waals surface area contributed by atoms with Crippen molar-refractivity contribution in [1.82, 2.24) is 4.90 Å². The number of ether oxygens (including phenoxy) is 2. The zero-order chi connectivity index (χ0) is 13.8. The largest absolute Gasteiger partial charge is 0.480 e. The lowest BCUT2D eigenvalue weighted by atomic mass is 10.1. The van der Waals surface area contributed by atoms with Crippen LogP contribution in [0.15, 0.2) is 0 Å². The number of hydrogen-bond acceptors (Lipinski definition) is 4. The van der Waals surface area contributed by atoms with Crippen LogP contribution in [0.5, 0.6) is 0 Å². The fraction of sp³-hybridized carbons (Fsp3) is 0.846. The van der Waals surface area contributed by atoms with Gasteiger partial charge in [-0.1, -0.05) is 0 Å². The first-order valence-electron chi connectivity index (χ1n) is 6.83. The van der Waals surface area contributed by atoms with E-state index in [0.29, 0.717) is 26.0 Å². The van der Waals surface area contributed by atoms with E-state index >= 15 is 0 Å². The molecule has 0 aliphatic carbocycles. The summed E-state index contributed by atoms with van der Waals surface area (Å²) in [5.41, 5.74) is 0. The van der Waals surface area contributed by atoms with E-state index in [1.807, 2.05) is 6.92 Å². The van der Waals surface area contributed by atoms with E-state index in [9.17, 15) is 9.59 Å². The number of carbonyl (C=O) groups is 2. The minimum Gasteiger partial charge on any atom is -0.480 e. The minimum atomic E-state index is -1.00. The van der Waals surface area contributed by atoms with Crippen molar-refractivity contribution in [3.8, 4) is 0 Å². The van der Waals surface area contributed by atoms with Gasteiger partial charge in [0.15, 0.2) is 6.04 Å². The molecule has 0 aromatic rings. The Morgan fingerprint density at radius 1 is 1.37 bits per heavy atom. The maximum absolute atomic E-state index is 12.1. The smallest absolute Gasteiger partial charge is 0.328 e. The second-order valence-corrected chi connectivity index (χ2v) is 5.20. The Balaban J connectivity index is 1.82. The van der Waals surface area contributed by atoms with Crippen molar-refractivity contribution in [2.45, 2.75) is 50.9 Å². The number of carboxylic acid groups (broad SMARTS) is 1. The molecule has 2 saturated heterocycles. The molecule has 2 heterocycles. The van der Waals surface area contributed by atoms with Crippen LogP contribution in [0.3, 0.4) is 0 Å². The molecular weight excluding hydrogens is 250 g/mol. The van der Waals surface area contributed by atoms with Crippen LogP contribution in [-0.2, 0) is 19.1 Å². The van der Waals surface area contributed by atoms with Gasteiger partial charge in [0.2, 0.25) is 5.91 Å². The summed E-state index contributed by atoms with van der Waals surface area (Å²) in [5.74, 6) is -1.11. The minimum absolute atomic E-state index is 0.0814. The first-order valence-corrected chi connectivity index (χ1v) is 6.83. The maximum atomic E-state index is 12.1. The standard InChI is InChI=1S/C13H21NO5/c1-9-2-3-10(19-9)4-5-12(15)14-6-7-18-8-11(14)13(16)17/h9-11H,2-8H2,1H3,(H,16,17)/t9-,10-,11+/m1/s1. The Bertz CT molecular complexity index is 346. The van der Waals surface area contributed by atoms with Crippen molar-refractivity contribution in [2.75, 3.05) is 19.8 Å². The maximum Gasteiger partial charge on any atom is 0.328 e. The van der Waals surface area contributed by atoms with Crippen molar-refractivity contribution < 1.29 is 24.2 Å². The van der Waals surface area contributed by atoms with Gasteiger partial charge in [-0.3, -0.25) is 4.79 Å². The number of rotatable bonds is 4. The number of morpholine rings is 1. The van der Waals surface area contributed by atoms with Gasteiger partial charge in [0, 0.05) is 13.0 Å². The van der Waals surface area contributed by atoms with E-state index in [1.165, 1.54) is 4.90 Å². The molecule has 0 aromatic carbocycles. The molecule has 0 saturated carbocycles. The number of carbonyl (C=O) groups excluding carboxylic acids is 1. The van der Waals surface area contributed by atoms with Crippen molar-refractivity contribution in [2.24, 2.45) is 0 Å². The summed E-state index contributed by atoms with van der Waals surface area (Å²) < 4.78 is 10.8. The highest BCUT2D eigenvalue weighted by molar-refractivity contribution is 5.84. The van der Waals surface area contributed by atoms with Crippen molar-refractivity contribution in [1.29, 1.82) is 0 Å². The second-order valence-electron chi connectivity index (χ2n) is 5.20. The lowest BCUT2D eigenvalue weighted by Crippen LogP contribution is -2.52. The molecule has 6 heteroatoms. The monoisotopic (exact) mass is 271 g/mol. The van der Waals surface area contributed by atoms with Gasteiger partial charge in [-0.15, -0.1) is 0 Å². The van der Waals surface area contributed by atoms with Gasteiger partial charge < -0.3 is 19.5 Å². The van der Waals surface area contributed by atoms with E-state index in [0.717, 1.165) is 12.8 Å². The van der Waals surface area contributed by atoms with Gasteiger partial charge in [0.1, 0.15) is 0 Å². The molecule has 0 unspecified atom stereocenters. The van der Waals surface area contributed by atoms with Crippen molar-refractivity contribution in [3.63, 3.8) is 0 Å². The molecule has 1 N–H and O–H groups in total. The lowest BCUT2D eigenvalue weighted by Gasteiger charge is -2.33. The Morgan fingerprint density at radius 3 is 2.79 bits per heavy atom. The molecule has 2 aliphatic rings. The van der Waals surface area contributed by atoms with Gasteiger partial charge in [0.05, 0.1) is 25.4 Å². The van der Waals surface area contributed by atoms with Gasteiger partial charge >= 0.3 is 5.97 Å². The van der Waals surface area contributed by atoms with Crippen LogP contribution in [-0.4, -0.2) is 59.9 Å². The van der Waals surface area contributed by atoms with E-state index in [1.54, 1.807) is 0 Å². The van der Waals surface area contributed by atoms with Crippen LogP contribution in [0.25, 0.3) is 0 Å². The highest BCUT2D eigenvalue weighted by Crippen LogP contribution is 2.23. The number of aliphatic carboxylic acids is 1. The van der Waals surface area contributed by atoms with Crippen LogP contribution in [0.1, 0.15) is 32.6 Å². The molecule has 3 atom stereocenters. The summed E-state index contributed by atoms with van der Waals surface area (Å²) in [6.45, 7) is 2.88. The molecule has 2 fully saturated rings. The van der Waals surface area contributed by atoms with Crippen LogP contribution in [0.2, 0.25) is 0 Å². The van der Waals surface area contributed by atoms with Gasteiger partial charge in [-0.25, -0.2) is 4.79 Å². The first kappa shape index (κ1) is 14.3. The fourth-order valence-corrected chi connectivity index (χ4v) is 2.63. The van der Waals surface area contributed by atoms with Crippen LogP contribution in [0.4, 0.5) is 0 Å². The lowest BCUT2D eigenvalue weighted by molar-refractivity contribution is -0.158. The third-order valence-electron chi connectivity index (χ3n) is 3.73. The number of carboxylic acids is 1. The van der Waals surface area contributed by atoms with Crippen LogP contribution >= 0.6 is 0 Å². The number of amides is 1. The van der Waals surface area contributed by atoms with Crippen molar-refractivity contribution >= 4 is 11.9 Å². The zero-order valence-electron chi connectivity index (χ0n) is 11.2. The predicted molar refractivity (Wildman–Crippen MR) is 66.8 cm³/mol.